The van der Waals surface area contributed by atoms with Gasteiger partial charge in [0.25, 0.3) is 0 Å². The van der Waals surface area contributed by atoms with E-state index in [1.807, 2.05) is 0 Å². The van der Waals surface area contributed by atoms with Crippen LogP contribution < -0.4 is 10.6 Å². The summed E-state index contributed by atoms with van der Waals surface area (Å²) in [5, 5.41) is 9.45. The molecule has 0 aliphatic heterocycles. The van der Waals surface area contributed by atoms with Crippen molar-refractivity contribution in [2.24, 2.45) is 7.05 Å². The zero-order valence-electron chi connectivity index (χ0n) is 11.4. The minimum absolute atomic E-state index is 0.0933. The van der Waals surface area contributed by atoms with Crippen LogP contribution in [0.3, 0.4) is 0 Å². The van der Waals surface area contributed by atoms with Crippen LogP contribution in [0.25, 0.3) is 0 Å². The Morgan fingerprint density at radius 3 is 2.52 bits per heavy atom. The molecule has 2 heterocycles. The highest BCUT2D eigenvalue weighted by Gasteiger charge is 2.35. The molecule has 0 bridgehead atoms. The highest BCUT2D eigenvalue weighted by Crippen LogP contribution is 2.28. The SMILES string of the molecule is CNc1cc(NCCc2ncn(C)n2)nc(C(F)(F)F)n1. The second-order valence-corrected chi connectivity index (χ2v) is 4.22. The normalized spacial score (nSPS) is 11.5. The number of aryl methyl sites for hydroxylation is 1. The van der Waals surface area contributed by atoms with E-state index in [0.29, 0.717) is 18.8 Å². The number of anilines is 2. The highest BCUT2D eigenvalue weighted by molar-refractivity contribution is 5.47. The van der Waals surface area contributed by atoms with Crippen molar-refractivity contribution in [3.8, 4) is 0 Å². The molecule has 0 radical (unpaired) electrons. The molecule has 0 saturated heterocycles. The van der Waals surface area contributed by atoms with Gasteiger partial charge in [0.15, 0.2) is 5.82 Å². The number of nitrogens with one attached hydrogen (secondary N) is 2. The van der Waals surface area contributed by atoms with Crippen molar-refractivity contribution in [1.82, 2.24) is 24.7 Å². The molecule has 0 aliphatic rings. The summed E-state index contributed by atoms with van der Waals surface area (Å²) >= 11 is 0. The van der Waals surface area contributed by atoms with Gasteiger partial charge in [-0.1, -0.05) is 0 Å². The van der Waals surface area contributed by atoms with Gasteiger partial charge in [-0.05, 0) is 0 Å². The Kier molecular flexibility index (Phi) is 4.24. The van der Waals surface area contributed by atoms with Crippen LogP contribution in [0.1, 0.15) is 11.6 Å². The van der Waals surface area contributed by atoms with E-state index in [2.05, 4.69) is 30.7 Å². The molecule has 7 nitrogen and oxygen atoms in total. The summed E-state index contributed by atoms with van der Waals surface area (Å²) < 4.78 is 39.6. The maximum absolute atomic E-state index is 12.7. The summed E-state index contributed by atoms with van der Waals surface area (Å²) in [5.41, 5.74) is 0. The van der Waals surface area contributed by atoms with Gasteiger partial charge in [-0.3, -0.25) is 4.68 Å². The van der Waals surface area contributed by atoms with Crippen molar-refractivity contribution in [1.29, 1.82) is 0 Å². The number of hydrogen-bond acceptors (Lipinski definition) is 6. The molecule has 0 aromatic carbocycles. The third-order valence-corrected chi connectivity index (χ3v) is 2.54. The lowest BCUT2D eigenvalue weighted by Crippen LogP contribution is -2.15. The Hall–Kier alpha value is -2.39. The monoisotopic (exact) mass is 301 g/mol. The van der Waals surface area contributed by atoms with Crippen LogP contribution in [-0.4, -0.2) is 38.3 Å². The fourth-order valence-corrected chi connectivity index (χ4v) is 1.59. The van der Waals surface area contributed by atoms with Crippen molar-refractivity contribution >= 4 is 11.6 Å². The van der Waals surface area contributed by atoms with E-state index in [-0.39, 0.29) is 11.6 Å². The molecule has 114 valence electrons. The van der Waals surface area contributed by atoms with Gasteiger partial charge in [0.2, 0.25) is 5.82 Å². The molecular weight excluding hydrogens is 287 g/mol. The first kappa shape index (κ1) is 15.0. The molecule has 0 spiro atoms. The van der Waals surface area contributed by atoms with Crippen LogP contribution in [0, 0.1) is 0 Å². The molecule has 21 heavy (non-hydrogen) atoms. The van der Waals surface area contributed by atoms with Crippen LogP contribution >= 0.6 is 0 Å². The number of rotatable bonds is 5. The van der Waals surface area contributed by atoms with E-state index in [1.165, 1.54) is 13.1 Å². The summed E-state index contributed by atoms with van der Waals surface area (Å²) in [7, 11) is 3.23. The van der Waals surface area contributed by atoms with E-state index in [1.54, 1.807) is 18.1 Å². The first-order valence-electron chi connectivity index (χ1n) is 6.11. The van der Waals surface area contributed by atoms with Crippen LogP contribution in [0.5, 0.6) is 0 Å². The summed E-state index contributed by atoms with van der Waals surface area (Å²) in [6.07, 6.45) is -2.56. The average Bonchev–Trinajstić information content (AvgIpc) is 2.83. The molecule has 10 heteroatoms. The molecule has 2 N–H and O–H groups in total. The van der Waals surface area contributed by atoms with Gasteiger partial charge in [0, 0.05) is 33.1 Å². The van der Waals surface area contributed by atoms with Crippen molar-refractivity contribution < 1.29 is 13.2 Å². The van der Waals surface area contributed by atoms with Gasteiger partial charge in [0.1, 0.15) is 18.0 Å². The van der Waals surface area contributed by atoms with Crippen molar-refractivity contribution in [3.05, 3.63) is 24.0 Å². The van der Waals surface area contributed by atoms with Gasteiger partial charge < -0.3 is 10.6 Å². The zero-order chi connectivity index (χ0) is 15.5. The lowest BCUT2D eigenvalue weighted by atomic mass is 10.4. The summed E-state index contributed by atoms with van der Waals surface area (Å²) in [6.45, 7) is 0.363. The van der Waals surface area contributed by atoms with Crippen molar-refractivity contribution in [3.63, 3.8) is 0 Å². The lowest BCUT2D eigenvalue weighted by Gasteiger charge is -2.10. The third kappa shape index (κ3) is 4.04. The second kappa shape index (κ2) is 5.94. The number of alkyl halides is 3. The molecule has 0 aliphatic carbocycles. The molecule has 2 rings (SSSR count). The fourth-order valence-electron chi connectivity index (χ4n) is 1.59. The fraction of sp³-hybridized carbons (Fsp3) is 0.455. The van der Waals surface area contributed by atoms with E-state index in [4.69, 9.17) is 0 Å². The van der Waals surface area contributed by atoms with Gasteiger partial charge >= 0.3 is 6.18 Å². The van der Waals surface area contributed by atoms with Crippen LogP contribution in [-0.2, 0) is 19.6 Å². The summed E-state index contributed by atoms with van der Waals surface area (Å²) in [5.74, 6) is -0.398. The van der Waals surface area contributed by atoms with Crippen molar-refractivity contribution in [2.75, 3.05) is 24.2 Å². The summed E-state index contributed by atoms with van der Waals surface area (Å²) in [4.78, 5) is 10.9. The smallest absolute Gasteiger partial charge is 0.373 e. The van der Waals surface area contributed by atoms with Gasteiger partial charge in [-0.15, -0.1) is 0 Å². The predicted molar refractivity (Wildman–Crippen MR) is 69.8 cm³/mol. The molecule has 2 aromatic rings. The standard InChI is InChI=1S/C11H14F3N7/c1-15-8-5-9(19-10(18-8)11(12,13)14)16-4-3-7-17-6-21(2)20-7/h5-6H,3-4H2,1-2H3,(H2,15,16,18,19). The Balaban J connectivity index is 2.05. The molecule has 0 unspecified atom stereocenters. The molecule has 2 aromatic heterocycles. The van der Waals surface area contributed by atoms with Crippen LogP contribution in [0.4, 0.5) is 24.8 Å². The third-order valence-electron chi connectivity index (χ3n) is 2.54. The second-order valence-electron chi connectivity index (χ2n) is 4.22. The highest BCUT2D eigenvalue weighted by atomic mass is 19.4. The minimum atomic E-state index is -4.59. The Labute approximate surface area is 118 Å². The largest absolute Gasteiger partial charge is 0.451 e. The Morgan fingerprint density at radius 2 is 1.95 bits per heavy atom. The number of halogens is 3. The molecular formula is C11H14F3N7. The van der Waals surface area contributed by atoms with E-state index in [0.717, 1.165) is 0 Å². The van der Waals surface area contributed by atoms with E-state index >= 15 is 0 Å². The van der Waals surface area contributed by atoms with Crippen LogP contribution in [0.15, 0.2) is 12.4 Å². The quantitative estimate of drug-likeness (QED) is 0.867. The zero-order valence-corrected chi connectivity index (χ0v) is 11.4. The van der Waals surface area contributed by atoms with Crippen molar-refractivity contribution in [2.45, 2.75) is 12.6 Å². The predicted octanol–water partition coefficient (Wildman–Crippen LogP) is 1.32. The van der Waals surface area contributed by atoms with Crippen LogP contribution in [0.2, 0.25) is 0 Å². The minimum Gasteiger partial charge on any atom is -0.373 e. The number of hydrogen-bond donors (Lipinski definition) is 2. The topological polar surface area (TPSA) is 80.5 Å². The molecule has 0 fully saturated rings. The first-order chi connectivity index (χ1) is 9.88. The van der Waals surface area contributed by atoms with Gasteiger partial charge in [0.05, 0.1) is 0 Å². The maximum atomic E-state index is 12.7. The summed E-state index contributed by atoms with van der Waals surface area (Å²) in [6, 6.07) is 1.40. The molecule has 0 saturated carbocycles. The Bertz CT molecular complexity index is 608. The molecule has 0 atom stereocenters. The first-order valence-corrected chi connectivity index (χ1v) is 6.11. The van der Waals surface area contributed by atoms with E-state index < -0.39 is 12.0 Å². The maximum Gasteiger partial charge on any atom is 0.451 e. The Morgan fingerprint density at radius 1 is 1.24 bits per heavy atom. The van der Waals surface area contributed by atoms with E-state index in [9.17, 15) is 13.2 Å². The van der Waals surface area contributed by atoms with Gasteiger partial charge in [-0.25, -0.2) is 15.0 Å². The lowest BCUT2D eigenvalue weighted by molar-refractivity contribution is -0.144. The van der Waals surface area contributed by atoms with Gasteiger partial charge in [-0.2, -0.15) is 18.3 Å². The average molecular weight is 301 g/mol. The number of nitrogens with zero attached hydrogens (tertiary/aromatic N) is 5. The molecule has 0 amide bonds. The number of aromatic nitrogens is 5.